The minimum Gasteiger partial charge on any atom is -0.289 e. The van der Waals surface area contributed by atoms with Gasteiger partial charge < -0.3 is 0 Å². The van der Waals surface area contributed by atoms with Crippen molar-refractivity contribution in [1.29, 1.82) is 21.0 Å². The van der Waals surface area contributed by atoms with Crippen molar-refractivity contribution in [3.8, 4) is 45.2 Å². The van der Waals surface area contributed by atoms with Crippen LogP contribution in [0.5, 0.6) is 0 Å². The second-order valence-corrected chi connectivity index (χ2v) is 20.6. The van der Waals surface area contributed by atoms with Crippen LogP contribution in [0.25, 0.3) is 63.0 Å². The van der Waals surface area contributed by atoms with Gasteiger partial charge in [-0.25, -0.2) is 8.78 Å². The van der Waals surface area contributed by atoms with Gasteiger partial charge in [-0.05, 0) is 68.8 Å². The Bertz CT molecular complexity index is 3420. The van der Waals surface area contributed by atoms with E-state index in [1.165, 1.54) is 57.5 Å². The van der Waals surface area contributed by atoms with Gasteiger partial charge in [0.2, 0.25) is 0 Å². The summed E-state index contributed by atoms with van der Waals surface area (Å²) in [5.74, 6) is -1.63. The molecule has 12 heteroatoms. The van der Waals surface area contributed by atoms with Crippen molar-refractivity contribution in [2.75, 3.05) is 0 Å². The number of halogens is 2. The molecule has 4 heterocycles. The van der Waals surface area contributed by atoms with Gasteiger partial charge in [0.05, 0.1) is 28.6 Å². The van der Waals surface area contributed by atoms with Gasteiger partial charge >= 0.3 is 0 Å². The molecule has 4 aromatic heterocycles. The molecule has 0 unspecified atom stereocenters. The first-order chi connectivity index (χ1) is 29.8. The highest BCUT2D eigenvalue weighted by Crippen LogP contribution is 2.63. The third kappa shape index (κ3) is 4.70. The van der Waals surface area contributed by atoms with Crippen LogP contribution in [0.15, 0.2) is 83.0 Å². The summed E-state index contributed by atoms with van der Waals surface area (Å²) in [6.07, 6.45) is 2.97. The van der Waals surface area contributed by atoms with E-state index in [4.69, 9.17) is 0 Å². The zero-order valence-electron chi connectivity index (χ0n) is 32.9. The lowest BCUT2D eigenvalue weighted by Crippen LogP contribution is -2.17. The highest BCUT2D eigenvalue weighted by molar-refractivity contribution is 7.31. The summed E-state index contributed by atoms with van der Waals surface area (Å²) in [4.78, 5) is 29.7. The van der Waals surface area contributed by atoms with Crippen LogP contribution in [0.3, 0.4) is 0 Å². The van der Waals surface area contributed by atoms with Crippen molar-refractivity contribution in [3.63, 3.8) is 0 Å². The van der Waals surface area contributed by atoms with Crippen molar-refractivity contribution >= 4 is 99.0 Å². The Morgan fingerprint density at radius 3 is 1.24 bits per heavy atom. The Kier molecular flexibility index (Phi) is 7.87. The molecule has 0 bridgehead atoms. The Morgan fingerprint density at radius 2 is 0.887 bits per heavy atom. The first-order valence-corrected chi connectivity index (χ1v) is 22.5. The maximum Gasteiger partial charge on any atom is 0.194 e. The van der Waals surface area contributed by atoms with Gasteiger partial charge in [0.1, 0.15) is 35.4 Å². The van der Waals surface area contributed by atoms with Crippen LogP contribution in [0, 0.1) is 57.0 Å². The number of carbonyl (C=O) groups excluding carboxylic acids is 2. The molecule has 4 aliphatic rings. The fourth-order valence-electron chi connectivity index (χ4n) is 9.78. The first kappa shape index (κ1) is 38.1. The molecule has 6 nitrogen and oxygen atoms in total. The van der Waals surface area contributed by atoms with Gasteiger partial charge in [-0.1, -0.05) is 76.2 Å². The zero-order chi connectivity index (χ0) is 43.3. The molecule has 0 radical (unpaired) electrons. The molecule has 0 atom stereocenters. The van der Waals surface area contributed by atoms with Gasteiger partial charge in [0, 0.05) is 54.0 Å². The number of benzene rings is 3. The molecule has 11 rings (SSSR count). The zero-order valence-corrected chi connectivity index (χ0v) is 36.2. The standard InChI is InChI=1S/C50H24F2N4O2S4/c1-49(2)31-13-28-32(14-27(31)43-37(49)45-47(61-43)39(51)33(59-45)15-29-35(21(17-53)18-54)23-9-5-7-11-25(23)41(29)57)50(3,4)38-44(28)62-48-40(52)34(60-46(38)48)16-30-36(22(19-55)20-56)24-10-6-8-12-26(24)42(30)58/h5-16H,1-4H3. The van der Waals surface area contributed by atoms with Crippen LogP contribution >= 0.6 is 45.3 Å². The van der Waals surface area contributed by atoms with E-state index in [2.05, 4.69) is 39.8 Å². The number of hydrogen-bond donors (Lipinski definition) is 0. The lowest BCUT2D eigenvalue weighted by atomic mass is 9.79. The molecular weight excluding hydrogens is 855 g/mol. The summed E-state index contributed by atoms with van der Waals surface area (Å²) < 4.78 is 35.8. The third-order valence-electron chi connectivity index (χ3n) is 12.6. The number of fused-ring (bicyclic) bond motifs is 12. The highest BCUT2D eigenvalue weighted by atomic mass is 32.1. The van der Waals surface area contributed by atoms with Gasteiger partial charge in [-0.15, -0.1) is 45.3 Å². The second kappa shape index (κ2) is 12.8. The smallest absolute Gasteiger partial charge is 0.194 e. The molecule has 0 aliphatic heterocycles. The van der Waals surface area contributed by atoms with Gasteiger partial charge in [-0.2, -0.15) is 21.0 Å². The van der Waals surface area contributed by atoms with E-state index in [1.54, 1.807) is 48.5 Å². The molecule has 294 valence electrons. The summed E-state index contributed by atoms with van der Waals surface area (Å²) in [7, 11) is 0. The molecule has 0 fully saturated rings. The van der Waals surface area contributed by atoms with Crippen molar-refractivity contribution in [3.05, 3.63) is 149 Å². The largest absolute Gasteiger partial charge is 0.289 e. The molecule has 3 aromatic carbocycles. The average Bonchev–Trinajstić information content (AvgIpc) is 4.13. The predicted molar refractivity (Wildman–Crippen MR) is 242 cm³/mol. The molecule has 0 spiro atoms. The van der Waals surface area contributed by atoms with E-state index in [0.717, 1.165) is 52.5 Å². The molecule has 0 amide bonds. The van der Waals surface area contributed by atoms with Crippen LogP contribution in [0.2, 0.25) is 0 Å². The number of nitriles is 4. The van der Waals surface area contributed by atoms with Crippen molar-refractivity contribution < 1.29 is 18.4 Å². The normalized spacial score (nSPS) is 17.1. The van der Waals surface area contributed by atoms with E-state index in [1.807, 2.05) is 24.3 Å². The van der Waals surface area contributed by atoms with Crippen molar-refractivity contribution in [2.24, 2.45) is 0 Å². The number of allylic oxidation sites excluding steroid dienone is 6. The Hall–Kier alpha value is -6.90. The number of rotatable bonds is 2. The Morgan fingerprint density at radius 1 is 0.532 bits per heavy atom. The minimum absolute atomic E-state index is 0.119. The number of carbonyl (C=O) groups is 2. The second-order valence-electron chi connectivity index (χ2n) is 16.5. The number of ketones is 2. The third-order valence-corrected chi connectivity index (χ3v) is 17.6. The topological polar surface area (TPSA) is 129 Å². The highest BCUT2D eigenvalue weighted by Gasteiger charge is 2.46. The van der Waals surface area contributed by atoms with Crippen molar-refractivity contribution in [2.45, 2.75) is 38.5 Å². The monoisotopic (exact) mass is 878 g/mol. The average molecular weight is 879 g/mol. The summed E-state index contributed by atoms with van der Waals surface area (Å²) in [6, 6.07) is 25.7. The predicted octanol–water partition coefficient (Wildman–Crippen LogP) is 13.3. The van der Waals surface area contributed by atoms with Gasteiger partial charge in [-0.3, -0.25) is 9.59 Å². The maximum absolute atomic E-state index is 16.6. The number of nitrogens with zero attached hydrogens (tertiary/aromatic N) is 4. The molecular formula is C50H24F2N4O2S4. The number of Topliss-reactive ketones (excluding diaryl/α,β-unsaturated/α-hetero) is 2. The van der Waals surface area contributed by atoms with Crippen LogP contribution in [0.4, 0.5) is 8.78 Å². The quantitative estimate of drug-likeness (QED) is 0.126. The molecule has 0 saturated carbocycles. The van der Waals surface area contributed by atoms with Gasteiger partial charge in [0.15, 0.2) is 23.2 Å². The molecule has 62 heavy (non-hydrogen) atoms. The molecule has 0 saturated heterocycles. The van der Waals surface area contributed by atoms with E-state index >= 15 is 8.78 Å². The Labute approximate surface area is 368 Å². The first-order valence-electron chi connectivity index (χ1n) is 19.3. The number of thiophene rings is 4. The fourth-order valence-corrected chi connectivity index (χ4v) is 15.7. The van der Waals surface area contributed by atoms with Gasteiger partial charge in [0.25, 0.3) is 0 Å². The summed E-state index contributed by atoms with van der Waals surface area (Å²) >= 11 is 5.28. The van der Waals surface area contributed by atoms with Crippen LogP contribution in [0.1, 0.15) is 91.5 Å². The lowest BCUT2D eigenvalue weighted by molar-refractivity contribution is 0.103. The summed E-state index contributed by atoms with van der Waals surface area (Å²) in [5.41, 5.74) is 7.02. The summed E-state index contributed by atoms with van der Waals surface area (Å²) in [6.45, 7) is 8.50. The minimum atomic E-state index is -0.548. The molecule has 4 aliphatic carbocycles. The molecule has 7 aromatic rings. The Balaban J connectivity index is 1.01. The van der Waals surface area contributed by atoms with Crippen LogP contribution in [-0.4, -0.2) is 11.6 Å². The van der Waals surface area contributed by atoms with Crippen LogP contribution < -0.4 is 0 Å². The van der Waals surface area contributed by atoms with Crippen molar-refractivity contribution in [1.82, 2.24) is 0 Å². The molecule has 0 N–H and O–H groups in total. The van der Waals surface area contributed by atoms with E-state index in [9.17, 15) is 30.6 Å². The number of hydrogen-bond acceptors (Lipinski definition) is 10. The van der Waals surface area contributed by atoms with E-state index in [-0.39, 0.29) is 54.8 Å². The van der Waals surface area contributed by atoms with E-state index in [0.29, 0.717) is 31.7 Å². The lowest BCUT2D eigenvalue weighted by Gasteiger charge is -2.24. The SMILES string of the molecule is CC1(C)c2cc3c(cc2-c2sc4c(F)c(C=C5C(=O)c6ccccc6C5=C(C#N)C#N)sc4c21)C(C)(C)c1c-3sc2c(F)c(C=C3C(=O)c4ccccc4C3=C(C#N)C#N)sc12. The maximum atomic E-state index is 16.6. The van der Waals surface area contributed by atoms with Crippen LogP contribution in [-0.2, 0) is 10.8 Å². The fraction of sp³-hybridized carbons (Fsp3) is 0.120. The summed E-state index contributed by atoms with van der Waals surface area (Å²) in [5, 5.41) is 39.2. The van der Waals surface area contributed by atoms with E-state index < -0.39 is 22.5 Å².